The summed E-state index contributed by atoms with van der Waals surface area (Å²) in [5.74, 6) is 0.988. The van der Waals surface area contributed by atoms with Gasteiger partial charge in [0.25, 0.3) is 0 Å². The molecule has 1 aromatic rings. The summed E-state index contributed by atoms with van der Waals surface area (Å²) in [7, 11) is 1.77. The Balaban J connectivity index is 1.78. The standard InChI is InChI=1S/C18H28N2O3/c1-13(14(2)23-16-9-5-4-6-10-16)19-18(22)20(3)12-15-8-7-11-17(15)21/h4-6,9-10,13-15,17,21H,7-8,11-12H2,1-3H3,(H,19,22)/t13-,14+,15+,17+/m1/s1. The molecule has 128 valence electrons. The van der Waals surface area contributed by atoms with Gasteiger partial charge in [0.05, 0.1) is 12.1 Å². The van der Waals surface area contributed by atoms with Crippen molar-refractivity contribution in [2.45, 2.75) is 51.4 Å². The third kappa shape index (κ3) is 5.13. The van der Waals surface area contributed by atoms with Crippen LogP contribution in [-0.4, -0.2) is 47.9 Å². The van der Waals surface area contributed by atoms with E-state index in [9.17, 15) is 9.90 Å². The molecule has 0 saturated heterocycles. The number of amides is 2. The summed E-state index contributed by atoms with van der Waals surface area (Å²) in [5, 5.41) is 12.8. The number of carbonyl (C=O) groups excluding carboxylic acids is 1. The lowest BCUT2D eigenvalue weighted by Crippen LogP contribution is -2.48. The first-order valence-electron chi connectivity index (χ1n) is 8.38. The average molecular weight is 320 g/mol. The SMILES string of the molecule is C[C@H](Oc1ccccc1)[C@@H](C)NC(=O)N(C)C[C@@H]1CCC[C@@H]1O. The van der Waals surface area contributed by atoms with Crippen LogP contribution < -0.4 is 10.1 Å². The topological polar surface area (TPSA) is 61.8 Å². The van der Waals surface area contributed by atoms with Gasteiger partial charge in [-0.1, -0.05) is 24.6 Å². The predicted octanol–water partition coefficient (Wildman–Crippen LogP) is 2.64. The van der Waals surface area contributed by atoms with Crippen LogP contribution in [0.15, 0.2) is 30.3 Å². The van der Waals surface area contributed by atoms with Gasteiger partial charge in [-0.15, -0.1) is 0 Å². The Labute approximate surface area is 138 Å². The van der Waals surface area contributed by atoms with Crippen molar-refractivity contribution in [2.24, 2.45) is 5.92 Å². The molecule has 2 N–H and O–H groups in total. The van der Waals surface area contributed by atoms with Crippen LogP contribution in [0.3, 0.4) is 0 Å². The highest BCUT2D eigenvalue weighted by Crippen LogP contribution is 2.26. The second kappa shape index (κ2) is 8.20. The molecule has 23 heavy (non-hydrogen) atoms. The first-order chi connectivity index (χ1) is 11.0. The van der Waals surface area contributed by atoms with E-state index in [-0.39, 0.29) is 30.2 Å². The van der Waals surface area contributed by atoms with E-state index in [1.807, 2.05) is 44.2 Å². The number of hydrogen-bond acceptors (Lipinski definition) is 3. The summed E-state index contributed by atoms with van der Waals surface area (Å²) in [6.07, 6.45) is 2.47. The summed E-state index contributed by atoms with van der Waals surface area (Å²) < 4.78 is 5.83. The molecule has 0 aliphatic heterocycles. The zero-order valence-corrected chi connectivity index (χ0v) is 14.2. The van der Waals surface area contributed by atoms with Crippen molar-refractivity contribution in [2.75, 3.05) is 13.6 Å². The van der Waals surface area contributed by atoms with Crippen molar-refractivity contribution in [3.8, 4) is 5.75 Å². The summed E-state index contributed by atoms with van der Waals surface area (Å²) in [5.41, 5.74) is 0. The minimum Gasteiger partial charge on any atom is -0.489 e. The number of aliphatic hydroxyl groups excluding tert-OH is 1. The average Bonchev–Trinajstić information content (AvgIpc) is 2.93. The number of urea groups is 1. The molecule has 4 atom stereocenters. The van der Waals surface area contributed by atoms with Crippen LogP contribution in [0.2, 0.25) is 0 Å². The monoisotopic (exact) mass is 320 g/mol. The number of nitrogens with zero attached hydrogens (tertiary/aromatic N) is 1. The number of aliphatic hydroxyl groups is 1. The van der Waals surface area contributed by atoms with E-state index >= 15 is 0 Å². The predicted molar refractivity (Wildman–Crippen MR) is 90.5 cm³/mol. The Hall–Kier alpha value is -1.75. The molecule has 2 amide bonds. The quantitative estimate of drug-likeness (QED) is 0.847. The minimum absolute atomic E-state index is 0.112. The maximum absolute atomic E-state index is 12.3. The van der Waals surface area contributed by atoms with Gasteiger partial charge in [-0.25, -0.2) is 4.79 Å². The molecule has 5 heteroatoms. The Bertz CT molecular complexity index is 494. The Kier molecular flexibility index (Phi) is 6.28. The Morgan fingerprint density at radius 1 is 1.35 bits per heavy atom. The Morgan fingerprint density at radius 3 is 2.65 bits per heavy atom. The van der Waals surface area contributed by atoms with E-state index in [0.717, 1.165) is 25.0 Å². The molecule has 1 fully saturated rings. The lowest BCUT2D eigenvalue weighted by Gasteiger charge is -2.27. The zero-order valence-electron chi connectivity index (χ0n) is 14.2. The molecule has 0 unspecified atom stereocenters. The van der Waals surface area contributed by atoms with Gasteiger partial charge in [-0.2, -0.15) is 0 Å². The van der Waals surface area contributed by atoms with Gasteiger partial charge < -0.3 is 20.1 Å². The van der Waals surface area contributed by atoms with Gasteiger partial charge in [0.1, 0.15) is 11.9 Å². The zero-order chi connectivity index (χ0) is 16.8. The molecule has 1 aromatic carbocycles. The fourth-order valence-electron chi connectivity index (χ4n) is 2.90. The van der Waals surface area contributed by atoms with Crippen molar-refractivity contribution in [3.63, 3.8) is 0 Å². The van der Waals surface area contributed by atoms with E-state index in [0.29, 0.717) is 6.54 Å². The Morgan fingerprint density at radius 2 is 2.04 bits per heavy atom. The molecule has 2 rings (SSSR count). The number of benzene rings is 1. The molecule has 0 spiro atoms. The number of ether oxygens (including phenoxy) is 1. The molecule has 0 radical (unpaired) electrons. The van der Waals surface area contributed by atoms with Crippen LogP contribution in [0, 0.1) is 5.92 Å². The molecule has 1 saturated carbocycles. The highest BCUT2D eigenvalue weighted by Gasteiger charge is 2.28. The van der Waals surface area contributed by atoms with E-state index < -0.39 is 0 Å². The summed E-state index contributed by atoms with van der Waals surface area (Å²) in [6, 6.07) is 9.35. The normalized spacial score (nSPS) is 23.1. The maximum atomic E-state index is 12.3. The largest absolute Gasteiger partial charge is 0.489 e. The second-order valence-corrected chi connectivity index (χ2v) is 6.51. The highest BCUT2D eigenvalue weighted by molar-refractivity contribution is 5.74. The molecular formula is C18H28N2O3. The lowest BCUT2D eigenvalue weighted by molar-refractivity contribution is 0.111. The molecule has 0 heterocycles. The first-order valence-corrected chi connectivity index (χ1v) is 8.38. The van der Waals surface area contributed by atoms with Gasteiger partial charge in [0.2, 0.25) is 0 Å². The summed E-state index contributed by atoms with van der Waals surface area (Å²) in [4.78, 5) is 13.9. The van der Waals surface area contributed by atoms with Crippen molar-refractivity contribution in [1.82, 2.24) is 10.2 Å². The third-order valence-corrected chi connectivity index (χ3v) is 4.59. The number of rotatable bonds is 6. The van der Waals surface area contributed by atoms with Crippen molar-refractivity contribution >= 4 is 6.03 Å². The fraction of sp³-hybridized carbons (Fsp3) is 0.611. The number of nitrogens with one attached hydrogen (secondary N) is 1. The molecule has 1 aliphatic rings. The highest BCUT2D eigenvalue weighted by atomic mass is 16.5. The van der Waals surface area contributed by atoms with Gasteiger partial charge in [-0.3, -0.25) is 0 Å². The second-order valence-electron chi connectivity index (χ2n) is 6.51. The van der Waals surface area contributed by atoms with E-state index in [1.54, 1.807) is 11.9 Å². The first kappa shape index (κ1) is 17.6. The lowest BCUT2D eigenvalue weighted by atomic mass is 10.1. The number of para-hydroxylation sites is 1. The summed E-state index contributed by atoms with van der Waals surface area (Å²) in [6.45, 7) is 4.47. The van der Waals surface area contributed by atoms with E-state index in [1.165, 1.54) is 0 Å². The van der Waals surface area contributed by atoms with Gasteiger partial charge in [0, 0.05) is 19.5 Å². The minimum atomic E-state index is -0.275. The third-order valence-electron chi connectivity index (χ3n) is 4.59. The molecule has 5 nitrogen and oxygen atoms in total. The van der Waals surface area contributed by atoms with Crippen LogP contribution in [0.25, 0.3) is 0 Å². The smallest absolute Gasteiger partial charge is 0.317 e. The molecule has 0 aromatic heterocycles. The van der Waals surface area contributed by atoms with Gasteiger partial charge in [0.15, 0.2) is 0 Å². The van der Waals surface area contributed by atoms with Crippen molar-refractivity contribution in [1.29, 1.82) is 0 Å². The number of hydrogen-bond donors (Lipinski definition) is 2. The van der Waals surface area contributed by atoms with Crippen molar-refractivity contribution < 1.29 is 14.6 Å². The maximum Gasteiger partial charge on any atom is 0.317 e. The summed E-state index contributed by atoms with van der Waals surface area (Å²) >= 11 is 0. The van der Waals surface area contributed by atoms with Crippen LogP contribution >= 0.6 is 0 Å². The van der Waals surface area contributed by atoms with Crippen LogP contribution in [0.1, 0.15) is 33.1 Å². The van der Waals surface area contributed by atoms with Gasteiger partial charge in [-0.05, 0) is 38.8 Å². The number of carbonyl (C=O) groups is 1. The van der Waals surface area contributed by atoms with Crippen LogP contribution in [-0.2, 0) is 0 Å². The van der Waals surface area contributed by atoms with Gasteiger partial charge >= 0.3 is 6.03 Å². The fourth-order valence-corrected chi connectivity index (χ4v) is 2.90. The van der Waals surface area contributed by atoms with E-state index in [4.69, 9.17) is 4.74 Å². The van der Waals surface area contributed by atoms with Crippen LogP contribution in [0.4, 0.5) is 4.79 Å². The molecule has 0 bridgehead atoms. The van der Waals surface area contributed by atoms with Crippen molar-refractivity contribution in [3.05, 3.63) is 30.3 Å². The van der Waals surface area contributed by atoms with E-state index in [2.05, 4.69) is 5.32 Å². The van der Waals surface area contributed by atoms with Crippen LogP contribution in [0.5, 0.6) is 5.75 Å². The molecular weight excluding hydrogens is 292 g/mol. The molecule has 1 aliphatic carbocycles.